The molecule has 1 aromatic carbocycles. The molecular weight excluding hydrogens is 326 g/mol. The highest BCUT2D eigenvalue weighted by Gasteiger charge is 2.48. The molecule has 1 heterocycles. The standard InChI is InChI=1S/C19H22ClNO3/c1-19(2)9-14(22)17(15(23)10-19)18-13-6-4-3-5-12(13)7-8-21(18)16(24)11-20/h3-6,17-18H,7-11H2,1-2H3/t18-/m0/s1. The van der Waals surface area contributed by atoms with Gasteiger partial charge >= 0.3 is 0 Å². The molecule has 0 saturated heterocycles. The van der Waals surface area contributed by atoms with Crippen LogP contribution in [0.5, 0.6) is 0 Å². The summed E-state index contributed by atoms with van der Waals surface area (Å²) in [6.07, 6.45) is 1.45. The lowest BCUT2D eigenvalue weighted by molar-refractivity contribution is -0.146. The van der Waals surface area contributed by atoms with Crippen molar-refractivity contribution >= 4 is 29.1 Å². The van der Waals surface area contributed by atoms with Crippen molar-refractivity contribution in [2.45, 2.75) is 39.2 Å². The number of amides is 1. The third-order valence-electron chi connectivity index (χ3n) is 5.08. The molecule has 1 aliphatic carbocycles. The summed E-state index contributed by atoms with van der Waals surface area (Å²) < 4.78 is 0. The van der Waals surface area contributed by atoms with Gasteiger partial charge in [0, 0.05) is 19.4 Å². The molecule has 1 aliphatic heterocycles. The zero-order chi connectivity index (χ0) is 17.5. The summed E-state index contributed by atoms with van der Waals surface area (Å²) in [7, 11) is 0. The average molecular weight is 348 g/mol. The summed E-state index contributed by atoms with van der Waals surface area (Å²) in [5.74, 6) is -1.26. The first-order valence-electron chi connectivity index (χ1n) is 8.33. The van der Waals surface area contributed by atoms with Crippen molar-refractivity contribution in [3.05, 3.63) is 35.4 Å². The first kappa shape index (κ1) is 17.2. The molecule has 0 N–H and O–H groups in total. The van der Waals surface area contributed by atoms with E-state index in [4.69, 9.17) is 11.6 Å². The molecule has 0 unspecified atom stereocenters. The molecule has 24 heavy (non-hydrogen) atoms. The first-order valence-corrected chi connectivity index (χ1v) is 8.86. The number of halogens is 1. The van der Waals surface area contributed by atoms with Gasteiger partial charge in [-0.15, -0.1) is 11.6 Å². The number of rotatable bonds is 2. The number of carbonyl (C=O) groups excluding carboxylic acids is 3. The molecule has 0 radical (unpaired) electrons. The van der Waals surface area contributed by atoms with E-state index in [0.29, 0.717) is 19.4 Å². The molecule has 1 fully saturated rings. The van der Waals surface area contributed by atoms with Gasteiger partial charge in [-0.1, -0.05) is 38.1 Å². The van der Waals surface area contributed by atoms with Crippen molar-refractivity contribution in [3.63, 3.8) is 0 Å². The third-order valence-corrected chi connectivity index (χ3v) is 5.31. The molecule has 1 atom stereocenters. The normalized spacial score (nSPS) is 24.0. The molecule has 128 valence electrons. The maximum absolute atomic E-state index is 12.8. The van der Waals surface area contributed by atoms with Crippen molar-refractivity contribution in [2.24, 2.45) is 11.3 Å². The fraction of sp³-hybridized carbons (Fsp3) is 0.526. The lowest BCUT2D eigenvalue weighted by Gasteiger charge is -2.43. The second-order valence-corrected chi connectivity index (χ2v) is 7.81. The molecule has 5 heteroatoms. The maximum Gasteiger partial charge on any atom is 0.238 e. The number of alkyl halides is 1. The quantitative estimate of drug-likeness (QED) is 0.610. The highest BCUT2D eigenvalue weighted by atomic mass is 35.5. The van der Waals surface area contributed by atoms with E-state index in [1.54, 1.807) is 4.90 Å². The number of hydrogen-bond donors (Lipinski definition) is 0. The monoisotopic (exact) mass is 347 g/mol. The number of Topliss-reactive ketones (excluding diaryl/α,β-unsaturated/α-hetero) is 2. The minimum atomic E-state index is -0.772. The van der Waals surface area contributed by atoms with Gasteiger partial charge in [0.05, 0.1) is 6.04 Å². The average Bonchev–Trinajstić information content (AvgIpc) is 2.52. The van der Waals surface area contributed by atoms with Gasteiger partial charge < -0.3 is 4.90 Å². The molecule has 0 spiro atoms. The summed E-state index contributed by atoms with van der Waals surface area (Å²) in [5.41, 5.74) is 1.71. The van der Waals surface area contributed by atoms with E-state index in [9.17, 15) is 14.4 Å². The summed E-state index contributed by atoms with van der Waals surface area (Å²) in [5, 5.41) is 0. The number of benzene rings is 1. The highest BCUT2D eigenvalue weighted by molar-refractivity contribution is 6.27. The number of ketones is 2. The molecule has 0 aromatic heterocycles. The van der Waals surface area contributed by atoms with Crippen LogP contribution in [0, 0.1) is 11.3 Å². The Bertz CT molecular complexity index is 678. The van der Waals surface area contributed by atoms with E-state index in [1.165, 1.54) is 0 Å². The highest BCUT2D eigenvalue weighted by Crippen LogP contribution is 2.43. The lowest BCUT2D eigenvalue weighted by atomic mass is 9.67. The number of carbonyl (C=O) groups is 3. The van der Waals surface area contributed by atoms with E-state index < -0.39 is 12.0 Å². The Kier molecular flexibility index (Phi) is 4.52. The molecule has 1 amide bonds. The topological polar surface area (TPSA) is 54.5 Å². The van der Waals surface area contributed by atoms with Crippen LogP contribution >= 0.6 is 11.6 Å². The zero-order valence-corrected chi connectivity index (χ0v) is 14.8. The molecule has 4 nitrogen and oxygen atoms in total. The second kappa shape index (κ2) is 6.32. The minimum absolute atomic E-state index is 0.0645. The van der Waals surface area contributed by atoms with Gasteiger partial charge in [0.15, 0.2) is 0 Å². The van der Waals surface area contributed by atoms with Gasteiger partial charge in [-0.3, -0.25) is 14.4 Å². The summed E-state index contributed by atoms with van der Waals surface area (Å²) in [4.78, 5) is 39.6. The second-order valence-electron chi connectivity index (χ2n) is 7.54. The van der Waals surface area contributed by atoms with Crippen LogP contribution in [0.15, 0.2) is 24.3 Å². The van der Waals surface area contributed by atoms with Crippen molar-refractivity contribution in [2.75, 3.05) is 12.4 Å². The Hall–Kier alpha value is -1.68. The van der Waals surface area contributed by atoms with Crippen LogP contribution in [0.3, 0.4) is 0 Å². The van der Waals surface area contributed by atoms with E-state index in [2.05, 4.69) is 0 Å². The van der Waals surface area contributed by atoms with Crippen LogP contribution in [-0.4, -0.2) is 34.8 Å². The van der Waals surface area contributed by atoms with Crippen LogP contribution in [0.2, 0.25) is 0 Å². The zero-order valence-electron chi connectivity index (χ0n) is 14.0. The van der Waals surface area contributed by atoms with Crippen molar-refractivity contribution < 1.29 is 14.4 Å². The fourth-order valence-corrected chi connectivity index (χ4v) is 4.23. The van der Waals surface area contributed by atoms with Gasteiger partial charge in [-0.25, -0.2) is 0 Å². The third kappa shape index (κ3) is 3.00. The predicted molar refractivity (Wildman–Crippen MR) is 91.8 cm³/mol. The van der Waals surface area contributed by atoms with Gasteiger partial charge in [-0.2, -0.15) is 0 Å². The minimum Gasteiger partial charge on any atom is -0.333 e. The van der Waals surface area contributed by atoms with Crippen molar-refractivity contribution in [3.8, 4) is 0 Å². The van der Waals surface area contributed by atoms with Crippen molar-refractivity contribution in [1.29, 1.82) is 0 Å². The van der Waals surface area contributed by atoms with Crippen LogP contribution in [0.25, 0.3) is 0 Å². The Morgan fingerprint density at radius 2 is 1.83 bits per heavy atom. The Morgan fingerprint density at radius 1 is 1.21 bits per heavy atom. The first-order chi connectivity index (χ1) is 11.3. The van der Waals surface area contributed by atoms with Gasteiger partial charge in [0.1, 0.15) is 23.4 Å². The van der Waals surface area contributed by atoms with Gasteiger partial charge in [0.2, 0.25) is 5.91 Å². The molecule has 1 aromatic rings. The molecule has 1 saturated carbocycles. The van der Waals surface area contributed by atoms with Crippen LogP contribution in [0.1, 0.15) is 43.9 Å². The smallest absolute Gasteiger partial charge is 0.238 e. The van der Waals surface area contributed by atoms with E-state index in [0.717, 1.165) is 17.5 Å². The van der Waals surface area contributed by atoms with E-state index in [-0.39, 0.29) is 28.8 Å². The fourth-order valence-electron chi connectivity index (χ4n) is 4.07. The maximum atomic E-state index is 12.8. The van der Waals surface area contributed by atoms with E-state index in [1.807, 2.05) is 38.1 Å². The SMILES string of the molecule is CC1(C)CC(=O)C([C@@H]2c3ccccc3CCN2C(=O)CCl)C(=O)C1. The predicted octanol–water partition coefficient (Wildman–Crippen LogP) is 2.93. The number of fused-ring (bicyclic) bond motifs is 1. The number of hydrogen-bond acceptors (Lipinski definition) is 3. The Labute approximate surface area is 147 Å². The number of nitrogens with zero attached hydrogens (tertiary/aromatic N) is 1. The Morgan fingerprint density at radius 3 is 2.46 bits per heavy atom. The van der Waals surface area contributed by atoms with Crippen molar-refractivity contribution in [1.82, 2.24) is 4.90 Å². The van der Waals surface area contributed by atoms with Crippen LogP contribution in [-0.2, 0) is 20.8 Å². The molecule has 3 rings (SSSR count). The Balaban J connectivity index is 2.05. The molecule has 0 bridgehead atoms. The molecular formula is C19H22ClNO3. The lowest BCUT2D eigenvalue weighted by Crippen LogP contribution is -2.50. The summed E-state index contributed by atoms with van der Waals surface area (Å²) in [6.45, 7) is 4.37. The largest absolute Gasteiger partial charge is 0.333 e. The summed E-state index contributed by atoms with van der Waals surface area (Å²) >= 11 is 5.77. The summed E-state index contributed by atoms with van der Waals surface area (Å²) in [6, 6.07) is 7.25. The molecule has 2 aliphatic rings. The van der Waals surface area contributed by atoms with Crippen LogP contribution in [0.4, 0.5) is 0 Å². The van der Waals surface area contributed by atoms with Gasteiger partial charge in [0.25, 0.3) is 0 Å². The van der Waals surface area contributed by atoms with Crippen LogP contribution < -0.4 is 0 Å². The van der Waals surface area contributed by atoms with E-state index >= 15 is 0 Å². The van der Waals surface area contributed by atoms with Gasteiger partial charge in [-0.05, 0) is 23.0 Å².